The normalized spacial score (nSPS) is 10.1. The van der Waals surface area contributed by atoms with Crippen molar-refractivity contribution in [2.24, 2.45) is 0 Å². The summed E-state index contributed by atoms with van der Waals surface area (Å²) in [6.07, 6.45) is 0. The van der Waals surface area contributed by atoms with Crippen LogP contribution in [-0.4, -0.2) is 44.1 Å². The van der Waals surface area contributed by atoms with Crippen LogP contribution in [0, 0.1) is 5.82 Å². The van der Waals surface area contributed by atoms with E-state index >= 15 is 0 Å². The molecule has 0 aliphatic heterocycles. The van der Waals surface area contributed by atoms with Gasteiger partial charge in [-0.05, 0) is 18.2 Å². The topological polar surface area (TPSA) is 65.1 Å². The van der Waals surface area contributed by atoms with E-state index in [4.69, 9.17) is 14.2 Å². The number of nitrogens with zero attached hydrogens (tertiary/aromatic N) is 1. The Bertz CT molecular complexity index is 765. The number of hydrogen-bond acceptors (Lipinski definition) is 5. The Labute approximate surface area is 151 Å². The van der Waals surface area contributed by atoms with Gasteiger partial charge in [-0.3, -0.25) is 4.79 Å². The van der Waals surface area contributed by atoms with E-state index in [9.17, 15) is 14.0 Å². The van der Waals surface area contributed by atoms with Crippen molar-refractivity contribution in [3.63, 3.8) is 0 Å². The summed E-state index contributed by atoms with van der Waals surface area (Å²) in [6.45, 7) is -0.596. The molecule has 0 saturated heterocycles. The van der Waals surface area contributed by atoms with Crippen LogP contribution in [0.25, 0.3) is 0 Å². The average molecular weight is 361 g/mol. The first-order valence-corrected chi connectivity index (χ1v) is 7.90. The maximum Gasteiger partial charge on any atom is 0.344 e. The smallest absolute Gasteiger partial charge is 0.344 e. The molecular formula is C19H20FNO5. The summed E-state index contributed by atoms with van der Waals surface area (Å²) in [5, 5.41) is 0. The minimum atomic E-state index is -0.757. The van der Waals surface area contributed by atoms with Gasteiger partial charge in [0.05, 0.1) is 7.11 Å². The van der Waals surface area contributed by atoms with Gasteiger partial charge >= 0.3 is 5.97 Å². The Morgan fingerprint density at radius 1 is 1.00 bits per heavy atom. The third-order valence-electron chi connectivity index (χ3n) is 3.56. The van der Waals surface area contributed by atoms with Gasteiger partial charge in [0.1, 0.15) is 5.75 Å². The highest BCUT2D eigenvalue weighted by molar-refractivity contribution is 5.80. The molecule has 6 nitrogen and oxygen atoms in total. The van der Waals surface area contributed by atoms with Gasteiger partial charge in [-0.2, -0.15) is 0 Å². The number of halogens is 1. The summed E-state index contributed by atoms with van der Waals surface area (Å²) in [6, 6.07) is 13.0. The molecule has 2 aromatic carbocycles. The van der Waals surface area contributed by atoms with E-state index in [1.54, 1.807) is 26.3 Å². The van der Waals surface area contributed by atoms with Crippen LogP contribution in [0.3, 0.4) is 0 Å². The first kappa shape index (κ1) is 19.2. The molecule has 2 rings (SSSR count). The number of para-hydroxylation sites is 2. The maximum absolute atomic E-state index is 13.4. The monoisotopic (exact) mass is 361 g/mol. The second-order valence-corrected chi connectivity index (χ2v) is 5.44. The number of esters is 1. The fraction of sp³-hybridized carbons (Fsp3) is 0.263. The Kier molecular flexibility index (Phi) is 6.96. The zero-order valence-corrected chi connectivity index (χ0v) is 14.6. The number of ether oxygens (including phenoxy) is 3. The summed E-state index contributed by atoms with van der Waals surface area (Å²) in [5.41, 5.74) is 0.833. The quantitative estimate of drug-likeness (QED) is 0.676. The van der Waals surface area contributed by atoms with Gasteiger partial charge in [-0.1, -0.05) is 30.3 Å². The lowest BCUT2D eigenvalue weighted by atomic mass is 10.2. The molecule has 0 heterocycles. The van der Waals surface area contributed by atoms with Gasteiger partial charge in [0.25, 0.3) is 5.91 Å². The molecule has 7 heteroatoms. The van der Waals surface area contributed by atoms with Crippen molar-refractivity contribution in [2.75, 3.05) is 27.4 Å². The van der Waals surface area contributed by atoms with Gasteiger partial charge in [0.2, 0.25) is 0 Å². The highest BCUT2D eigenvalue weighted by Gasteiger charge is 2.15. The number of carbonyl (C=O) groups excluding carboxylic acids is 2. The summed E-state index contributed by atoms with van der Waals surface area (Å²) in [4.78, 5) is 25.2. The zero-order valence-electron chi connectivity index (χ0n) is 14.6. The molecule has 0 aromatic heterocycles. The van der Waals surface area contributed by atoms with Crippen LogP contribution in [0.15, 0.2) is 48.5 Å². The van der Waals surface area contributed by atoms with Crippen molar-refractivity contribution in [1.29, 1.82) is 0 Å². The van der Waals surface area contributed by atoms with E-state index in [0.717, 1.165) is 5.56 Å². The third-order valence-corrected chi connectivity index (χ3v) is 3.56. The largest absolute Gasteiger partial charge is 0.496 e. The first-order valence-electron chi connectivity index (χ1n) is 7.90. The van der Waals surface area contributed by atoms with Crippen molar-refractivity contribution >= 4 is 11.9 Å². The molecule has 0 bridgehead atoms. The molecule has 138 valence electrons. The Balaban J connectivity index is 1.78. The summed E-state index contributed by atoms with van der Waals surface area (Å²) in [7, 11) is 3.15. The van der Waals surface area contributed by atoms with E-state index in [2.05, 4.69) is 0 Å². The van der Waals surface area contributed by atoms with E-state index in [1.807, 2.05) is 18.2 Å². The highest BCUT2D eigenvalue weighted by Crippen LogP contribution is 2.18. The average Bonchev–Trinajstić information content (AvgIpc) is 2.65. The lowest BCUT2D eigenvalue weighted by Crippen LogP contribution is -2.31. The lowest BCUT2D eigenvalue weighted by Gasteiger charge is -2.18. The fourth-order valence-electron chi connectivity index (χ4n) is 2.17. The van der Waals surface area contributed by atoms with Crippen LogP contribution in [0.5, 0.6) is 11.5 Å². The van der Waals surface area contributed by atoms with Gasteiger partial charge in [-0.25, -0.2) is 9.18 Å². The van der Waals surface area contributed by atoms with E-state index in [1.165, 1.54) is 23.1 Å². The number of hydrogen-bond donors (Lipinski definition) is 0. The number of benzene rings is 2. The van der Waals surface area contributed by atoms with E-state index in [-0.39, 0.29) is 11.7 Å². The number of methoxy groups -OCH3 is 1. The number of carbonyl (C=O) groups is 2. The molecule has 0 saturated carbocycles. The van der Waals surface area contributed by atoms with Crippen LogP contribution in [-0.2, 0) is 20.9 Å². The second-order valence-electron chi connectivity index (χ2n) is 5.44. The molecule has 26 heavy (non-hydrogen) atoms. The second kappa shape index (κ2) is 9.41. The summed E-state index contributed by atoms with van der Waals surface area (Å²) < 4.78 is 28.5. The molecule has 0 aliphatic rings. The van der Waals surface area contributed by atoms with Crippen LogP contribution in [0.1, 0.15) is 5.56 Å². The summed E-state index contributed by atoms with van der Waals surface area (Å²) >= 11 is 0. The molecule has 0 N–H and O–H groups in total. The van der Waals surface area contributed by atoms with Gasteiger partial charge in [0, 0.05) is 19.2 Å². The molecule has 0 unspecified atom stereocenters. The summed E-state index contributed by atoms with van der Waals surface area (Å²) in [5.74, 6) is -1.10. The standard InChI is InChI=1S/C19H20FNO5/c1-21(11-14-7-3-5-9-16(14)24-2)18(22)12-26-19(23)13-25-17-10-6-4-8-15(17)20/h3-10H,11-13H2,1-2H3. The van der Waals surface area contributed by atoms with Crippen molar-refractivity contribution < 1.29 is 28.2 Å². The number of rotatable bonds is 8. The minimum absolute atomic E-state index is 0.0518. The van der Waals surface area contributed by atoms with E-state index in [0.29, 0.717) is 12.3 Å². The van der Waals surface area contributed by atoms with Crippen LogP contribution in [0.2, 0.25) is 0 Å². The molecule has 0 spiro atoms. The third kappa shape index (κ3) is 5.47. The maximum atomic E-state index is 13.4. The molecule has 0 fully saturated rings. The lowest BCUT2D eigenvalue weighted by molar-refractivity contribution is -0.153. The van der Waals surface area contributed by atoms with Crippen LogP contribution < -0.4 is 9.47 Å². The van der Waals surface area contributed by atoms with Crippen molar-refractivity contribution in [1.82, 2.24) is 4.90 Å². The van der Waals surface area contributed by atoms with Gasteiger partial charge < -0.3 is 19.1 Å². The molecule has 0 radical (unpaired) electrons. The van der Waals surface area contributed by atoms with E-state index < -0.39 is 25.0 Å². The Morgan fingerprint density at radius 3 is 2.35 bits per heavy atom. The van der Waals surface area contributed by atoms with Crippen LogP contribution >= 0.6 is 0 Å². The molecule has 0 atom stereocenters. The Hall–Kier alpha value is -3.09. The van der Waals surface area contributed by atoms with Crippen molar-refractivity contribution in [2.45, 2.75) is 6.54 Å². The van der Waals surface area contributed by atoms with Crippen molar-refractivity contribution in [3.05, 3.63) is 59.9 Å². The fourth-order valence-corrected chi connectivity index (χ4v) is 2.17. The number of amides is 1. The van der Waals surface area contributed by atoms with Crippen LogP contribution in [0.4, 0.5) is 4.39 Å². The predicted octanol–water partition coefficient (Wildman–Crippen LogP) is 2.41. The van der Waals surface area contributed by atoms with Crippen molar-refractivity contribution in [3.8, 4) is 11.5 Å². The first-order chi connectivity index (χ1) is 12.5. The zero-order chi connectivity index (χ0) is 18.9. The van der Waals surface area contributed by atoms with Gasteiger partial charge in [-0.15, -0.1) is 0 Å². The Morgan fingerprint density at radius 2 is 1.65 bits per heavy atom. The predicted molar refractivity (Wildman–Crippen MR) is 92.3 cm³/mol. The highest BCUT2D eigenvalue weighted by atomic mass is 19.1. The number of likely N-dealkylation sites (N-methyl/N-ethyl adjacent to an activating group) is 1. The minimum Gasteiger partial charge on any atom is -0.496 e. The molecular weight excluding hydrogens is 341 g/mol. The molecule has 2 aromatic rings. The van der Waals surface area contributed by atoms with Gasteiger partial charge in [0.15, 0.2) is 24.8 Å². The molecule has 0 aliphatic carbocycles. The SMILES string of the molecule is COc1ccccc1CN(C)C(=O)COC(=O)COc1ccccc1F. The molecule has 1 amide bonds.